The minimum Gasteiger partial charge on any atom is -0.493 e. The number of aliphatic carboxylic acids is 2. The first-order valence-electron chi connectivity index (χ1n) is 17.0. The third-order valence-corrected chi connectivity index (χ3v) is 9.86. The van der Waals surface area contributed by atoms with Crippen LogP contribution in [0.3, 0.4) is 0 Å². The summed E-state index contributed by atoms with van der Waals surface area (Å²) in [6.45, 7) is 7.82. The van der Waals surface area contributed by atoms with Gasteiger partial charge in [0.05, 0.1) is 13.0 Å². The van der Waals surface area contributed by atoms with Crippen molar-refractivity contribution in [3.63, 3.8) is 0 Å². The van der Waals surface area contributed by atoms with Gasteiger partial charge in [-0.15, -0.1) is 0 Å². The fourth-order valence-corrected chi connectivity index (χ4v) is 7.30. The zero-order valence-corrected chi connectivity index (χ0v) is 27.8. The predicted octanol–water partition coefficient (Wildman–Crippen LogP) is 6.80. The second kappa shape index (κ2) is 15.1. The summed E-state index contributed by atoms with van der Waals surface area (Å²) in [6, 6.07) is 16.1. The van der Waals surface area contributed by atoms with Crippen LogP contribution in [0.2, 0.25) is 0 Å². The van der Waals surface area contributed by atoms with E-state index in [0.29, 0.717) is 25.5 Å². The number of aromatic nitrogens is 2. The van der Waals surface area contributed by atoms with E-state index in [0.717, 1.165) is 102 Å². The van der Waals surface area contributed by atoms with Gasteiger partial charge in [0.2, 0.25) is 0 Å². The Morgan fingerprint density at radius 1 is 0.938 bits per heavy atom. The van der Waals surface area contributed by atoms with Crippen molar-refractivity contribution in [2.24, 2.45) is 0 Å². The van der Waals surface area contributed by atoms with E-state index in [4.69, 9.17) is 9.72 Å². The van der Waals surface area contributed by atoms with Gasteiger partial charge in [-0.1, -0.05) is 30.7 Å². The largest absolute Gasteiger partial charge is 0.493 e. The van der Waals surface area contributed by atoms with Crippen molar-refractivity contribution < 1.29 is 24.5 Å². The van der Waals surface area contributed by atoms with Crippen LogP contribution in [0.25, 0.3) is 22.0 Å². The summed E-state index contributed by atoms with van der Waals surface area (Å²) in [4.78, 5) is 36.7. The number of nitrogens with zero attached hydrogens (tertiary/aromatic N) is 4. The Balaban J connectivity index is 1.15. The van der Waals surface area contributed by atoms with Crippen LogP contribution in [-0.4, -0.2) is 80.2 Å². The lowest BCUT2D eigenvalue weighted by molar-refractivity contribution is -0.142. The summed E-state index contributed by atoms with van der Waals surface area (Å²) in [5.74, 6) is 0.0275. The second-order valence-corrected chi connectivity index (χ2v) is 13.1. The molecule has 2 aliphatic heterocycles. The number of piperidine rings is 1. The maximum atomic E-state index is 11.5. The quantitative estimate of drug-likeness (QED) is 0.133. The van der Waals surface area contributed by atoms with Crippen LogP contribution in [0.15, 0.2) is 60.9 Å². The van der Waals surface area contributed by atoms with Gasteiger partial charge >= 0.3 is 11.9 Å². The molecule has 4 aromatic rings. The Hall–Kier alpha value is -4.54. The molecule has 0 aliphatic carbocycles. The Morgan fingerprint density at radius 3 is 2.54 bits per heavy atom. The number of hydrogen-bond acceptors (Lipinski definition) is 8. The van der Waals surface area contributed by atoms with Gasteiger partial charge in [-0.05, 0) is 111 Å². The van der Waals surface area contributed by atoms with Gasteiger partial charge in [0.1, 0.15) is 17.3 Å². The van der Waals surface area contributed by atoms with Gasteiger partial charge in [-0.3, -0.25) is 24.4 Å². The highest BCUT2D eigenvalue weighted by atomic mass is 16.5. The summed E-state index contributed by atoms with van der Waals surface area (Å²) < 4.78 is 6.21. The van der Waals surface area contributed by atoms with Crippen LogP contribution < -0.4 is 10.1 Å². The van der Waals surface area contributed by atoms with E-state index in [1.165, 1.54) is 0 Å². The van der Waals surface area contributed by atoms with Gasteiger partial charge in [-0.2, -0.15) is 0 Å². The topological polar surface area (TPSA) is 128 Å². The van der Waals surface area contributed by atoms with Gasteiger partial charge in [-0.25, -0.2) is 4.98 Å². The lowest BCUT2D eigenvalue weighted by atomic mass is 9.95. The maximum absolute atomic E-state index is 11.5. The third kappa shape index (κ3) is 7.61. The smallest absolute Gasteiger partial charge is 0.320 e. The third-order valence-electron chi connectivity index (χ3n) is 9.86. The summed E-state index contributed by atoms with van der Waals surface area (Å²) in [7, 11) is 0. The highest BCUT2D eigenvalue weighted by Gasteiger charge is 2.30. The molecule has 10 nitrogen and oxygen atoms in total. The van der Waals surface area contributed by atoms with E-state index in [1.54, 1.807) is 6.20 Å². The molecular weight excluding hydrogens is 606 g/mol. The number of carbonyl (C=O) groups is 2. The summed E-state index contributed by atoms with van der Waals surface area (Å²) in [5, 5.41) is 23.4. The fraction of sp³-hybridized carbons (Fsp3) is 0.421. The van der Waals surface area contributed by atoms with E-state index >= 15 is 0 Å². The van der Waals surface area contributed by atoms with E-state index < -0.39 is 11.9 Å². The van der Waals surface area contributed by atoms with Gasteiger partial charge in [0, 0.05) is 42.6 Å². The molecule has 0 spiro atoms. The van der Waals surface area contributed by atoms with Crippen molar-refractivity contribution in [3.05, 3.63) is 77.6 Å². The van der Waals surface area contributed by atoms with Crippen molar-refractivity contribution in [1.29, 1.82) is 0 Å². The van der Waals surface area contributed by atoms with Crippen LogP contribution >= 0.6 is 0 Å². The average Bonchev–Trinajstić information content (AvgIpc) is 3.55. The number of carboxylic acids is 2. The number of carboxylic acid groups (broad SMARTS) is 2. The average molecular weight is 652 g/mol. The molecule has 2 saturated heterocycles. The van der Waals surface area contributed by atoms with Crippen molar-refractivity contribution in [2.75, 3.05) is 31.6 Å². The summed E-state index contributed by atoms with van der Waals surface area (Å²) in [5.41, 5.74) is 7.10. The zero-order valence-electron chi connectivity index (χ0n) is 27.8. The lowest BCUT2D eigenvalue weighted by Crippen LogP contribution is -2.40. The molecule has 2 aromatic carbocycles. The second-order valence-electron chi connectivity index (χ2n) is 13.1. The molecule has 2 atom stereocenters. The van der Waals surface area contributed by atoms with Gasteiger partial charge < -0.3 is 20.3 Å². The van der Waals surface area contributed by atoms with Gasteiger partial charge in [0.25, 0.3) is 0 Å². The van der Waals surface area contributed by atoms with Crippen LogP contribution in [0.4, 0.5) is 11.5 Å². The maximum Gasteiger partial charge on any atom is 0.320 e. The van der Waals surface area contributed by atoms with E-state index in [2.05, 4.69) is 47.2 Å². The Kier molecular flexibility index (Phi) is 10.5. The van der Waals surface area contributed by atoms with E-state index in [-0.39, 0.29) is 18.5 Å². The first-order valence-corrected chi connectivity index (χ1v) is 17.0. The van der Waals surface area contributed by atoms with Crippen molar-refractivity contribution >= 4 is 34.3 Å². The minimum absolute atomic E-state index is 0.0566. The van der Waals surface area contributed by atoms with E-state index in [1.807, 2.05) is 41.4 Å². The monoisotopic (exact) mass is 651 g/mol. The Bertz CT molecular complexity index is 1780. The minimum atomic E-state index is -0.747. The van der Waals surface area contributed by atoms with Crippen molar-refractivity contribution in [3.8, 4) is 16.9 Å². The first-order chi connectivity index (χ1) is 23.3. The normalized spacial score (nSPS) is 18.6. The number of fused-ring (bicyclic) bond motifs is 1. The molecule has 10 heteroatoms. The molecule has 6 rings (SSSR count). The number of nitrogens with one attached hydrogen (secondary N) is 1. The molecule has 48 heavy (non-hydrogen) atoms. The van der Waals surface area contributed by atoms with Crippen LogP contribution in [0.5, 0.6) is 5.75 Å². The molecule has 2 aromatic heterocycles. The van der Waals surface area contributed by atoms with Gasteiger partial charge in [0.15, 0.2) is 5.82 Å². The fourth-order valence-electron chi connectivity index (χ4n) is 7.30. The van der Waals surface area contributed by atoms with Crippen molar-refractivity contribution in [1.82, 2.24) is 19.8 Å². The van der Waals surface area contributed by atoms with Crippen LogP contribution in [0, 0.1) is 13.8 Å². The lowest BCUT2D eigenvalue weighted by Gasteiger charge is -2.34. The summed E-state index contributed by atoms with van der Waals surface area (Å²) in [6.07, 6.45) is 9.32. The first kappa shape index (κ1) is 33.4. The van der Waals surface area contributed by atoms with Crippen LogP contribution in [-0.2, 0) is 16.1 Å². The molecule has 3 N–H and O–H groups in total. The number of likely N-dealkylation sites (tertiary alicyclic amines) is 2. The zero-order chi connectivity index (χ0) is 33.6. The number of anilines is 2. The van der Waals surface area contributed by atoms with E-state index in [9.17, 15) is 19.8 Å². The number of hydrogen-bond donors (Lipinski definition) is 3. The standard InChI is InChI=1S/C38H45N5O5/c1-25-30(31-11-6-14-34(26(31)2)48-20-8-19-42-18-7-13-33(42)38(46)47)10-5-12-32(25)41-37-36-28(15-16-39-37)21-27(23-40-36)24-43-17-4-3-9-29(43)22-35(44)45/h5-6,10-12,14-16,21,23,29,33H,3-4,7-9,13,17-20,22,24H2,1-2H3,(H,39,41)(H,44,45)(H,46,47). The Morgan fingerprint density at radius 2 is 1.73 bits per heavy atom. The number of pyridine rings is 2. The van der Waals surface area contributed by atoms with Crippen molar-refractivity contribution in [2.45, 2.75) is 77.4 Å². The number of benzene rings is 2. The molecule has 252 valence electrons. The highest BCUT2D eigenvalue weighted by molar-refractivity contribution is 5.91. The van der Waals surface area contributed by atoms with Crippen LogP contribution in [0.1, 0.15) is 61.6 Å². The molecule has 0 amide bonds. The Labute approximate surface area is 281 Å². The highest BCUT2D eigenvalue weighted by Crippen LogP contribution is 2.36. The molecule has 2 unspecified atom stereocenters. The number of ether oxygens (including phenoxy) is 1. The molecule has 0 bridgehead atoms. The number of rotatable bonds is 13. The predicted molar refractivity (Wildman–Crippen MR) is 187 cm³/mol. The molecule has 2 aliphatic rings. The molecular formula is C38H45N5O5. The molecule has 4 heterocycles. The molecule has 0 saturated carbocycles. The molecule has 2 fully saturated rings. The molecule has 0 radical (unpaired) electrons. The SMILES string of the molecule is Cc1c(Nc2nccc3cc(CN4CCCCC4CC(=O)O)cnc23)cccc1-c1cccc(OCCCN2CCCC2C(=O)O)c1C. The summed E-state index contributed by atoms with van der Waals surface area (Å²) >= 11 is 0.